The van der Waals surface area contributed by atoms with Crippen LogP contribution in [0.4, 0.5) is 0 Å². The first kappa shape index (κ1) is 8.05. The Morgan fingerprint density at radius 2 is 2.40 bits per heavy atom. The molecule has 0 saturated carbocycles. The van der Waals surface area contributed by atoms with Crippen molar-refractivity contribution in [2.24, 2.45) is 5.73 Å². The molecule has 0 aliphatic rings. The molecule has 3 heteroatoms. The minimum Gasteiger partial charge on any atom is -0.330 e. The first-order valence-corrected chi connectivity index (χ1v) is 4.51. The molecule has 0 fully saturated rings. The molecule has 0 saturated heterocycles. The van der Waals surface area contributed by atoms with Crippen molar-refractivity contribution in [3.05, 3.63) is 21.3 Å². The van der Waals surface area contributed by atoms with Crippen molar-refractivity contribution in [2.45, 2.75) is 12.8 Å². The largest absolute Gasteiger partial charge is 0.330 e. The minimum atomic E-state index is 0.759. The molecule has 2 N–H and O–H groups in total. The molecular formula is C7H10ClNS. The van der Waals surface area contributed by atoms with Crippen LogP contribution in [0.25, 0.3) is 0 Å². The van der Waals surface area contributed by atoms with Gasteiger partial charge in [0.2, 0.25) is 0 Å². The van der Waals surface area contributed by atoms with Crippen molar-refractivity contribution in [2.75, 3.05) is 6.54 Å². The van der Waals surface area contributed by atoms with E-state index in [2.05, 4.69) is 0 Å². The van der Waals surface area contributed by atoms with Gasteiger partial charge in [0.15, 0.2) is 0 Å². The second-order valence-corrected chi connectivity index (χ2v) is 3.56. The number of halogens is 1. The van der Waals surface area contributed by atoms with Crippen LogP contribution in [0.15, 0.2) is 11.4 Å². The summed E-state index contributed by atoms with van der Waals surface area (Å²) in [4.78, 5) is 1.33. The van der Waals surface area contributed by atoms with Gasteiger partial charge in [0, 0.05) is 10.3 Å². The van der Waals surface area contributed by atoms with E-state index in [0.717, 1.165) is 24.4 Å². The molecule has 0 unspecified atom stereocenters. The standard InChI is InChI=1S/C7H10ClNS/c8-6-4-7(10-5-6)2-1-3-9/h4-5H,1-3,9H2. The molecule has 1 nitrogen and oxygen atoms in total. The number of thiophene rings is 1. The highest BCUT2D eigenvalue weighted by Gasteiger charge is 1.95. The quantitative estimate of drug-likeness (QED) is 0.750. The molecule has 0 spiro atoms. The highest BCUT2D eigenvalue weighted by molar-refractivity contribution is 7.10. The maximum Gasteiger partial charge on any atom is 0.0515 e. The predicted octanol–water partition coefficient (Wildman–Crippen LogP) is 2.29. The Morgan fingerprint density at radius 3 is 2.90 bits per heavy atom. The molecule has 1 rings (SSSR count). The van der Waals surface area contributed by atoms with E-state index in [9.17, 15) is 0 Å². The van der Waals surface area contributed by atoms with Crippen LogP contribution in [-0.2, 0) is 6.42 Å². The second kappa shape index (κ2) is 3.96. The Labute approximate surface area is 69.8 Å². The van der Waals surface area contributed by atoms with Crippen molar-refractivity contribution in [1.82, 2.24) is 0 Å². The second-order valence-electron chi connectivity index (χ2n) is 2.12. The van der Waals surface area contributed by atoms with Gasteiger partial charge >= 0.3 is 0 Å². The molecule has 0 aliphatic carbocycles. The van der Waals surface area contributed by atoms with Crippen LogP contribution in [0.5, 0.6) is 0 Å². The average Bonchev–Trinajstić information content (AvgIpc) is 2.31. The third-order valence-corrected chi connectivity index (χ3v) is 2.59. The summed E-state index contributed by atoms with van der Waals surface area (Å²) in [5.74, 6) is 0. The van der Waals surface area contributed by atoms with Gasteiger partial charge in [-0.25, -0.2) is 0 Å². The van der Waals surface area contributed by atoms with E-state index in [1.54, 1.807) is 11.3 Å². The lowest BCUT2D eigenvalue weighted by Crippen LogP contribution is -1.99. The van der Waals surface area contributed by atoms with Crippen LogP contribution in [0.1, 0.15) is 11.3 Å². The topological polar surface area (TPSA) is 26.0 Å². The number of nitrogens with two attached hydrogens (primary N) is 1. The molecule has 1 heterocycles. The first-order chi connectivity index (χ1) is 4.83. The molecule has 1 aromatic rings. The van der Waals surface area contributed by atoms with E-state index in [1.165, 1.54) is 4.88 Å². The van der Waals surface area contributed by atoms with E-state index in [1.807, 2.05) is 11.4 Å². The Kier molecular flexibility index (Phi) is 3.19. The van der Waals surface area contributed by atoms with Gasteiger partial charge in [-0.2, -0.15) is 0 Å². The zero-order valence-corrected chi connectivity index (χ0v) is 7.21. The number of hydrogen-bond acceptors (Lipinski definition) is 2. The molecule has 10 heavy (non-hydrogen) atoms. The maximum absolute atomic E-state index is 5.72. The zero-order chi connectivity index (χ0) is 7.40. The molecule has 0 radical (unpaired) electrons. The summed E-state index contributed by atoms with van der Waals surface area (Å²) in [6, 6.07) is 2.00. The lowest BCUT2D eigenvalue weighted by molar-refractivity contribution is 0.843. The van der Waals surface area contributed by atoms with Gasteiger partial charge in [-0.1, -0.05) is 11.6 Å². The van der Waals surface area contributed by atoms with E-state index >= 15 is 0 Å². The fraction of sp³-hybridized carbons (Fsp3) is 0.429. The summed E-state index contributed by atoms with van der Waals surface area (Å²) < 4.78 is 0. The summed E-state index contributed by atoms with van der Waals surface area (Å²) in [5.41, 5.74) is 5.35. The number of rotatable bonds is 3. The zero-order valence-electron chi connectivity index (χ0n) is 5.64. The van der Waals surface area contributed by atoms with Gasteiger partial charge in [-0.3, -0.25) is 0 Å². The summed E-state index contributed by atoms with van der Waals surface area (Å²) in [6.07, 6.45) is 2.12. The van der Waals surface area contributed by atoms with Gasteiger partial charge < -0.3 is 5.73 Å². The molecule has 0 bridgehead atoms. The molecule has 0 atom stereocenters. The monoisotopic (exact) mass is 175 g/mol. The van der Waals surface area contributed by atoms with Gasteiger partial charge in [-0.05, 0) is 25.5 Å². The highest BCUT2D eigenvalue weighted by Crippen LogP contribution is 2.19. The molecule has 1 aromatic heterocycles. The predicted molar refractivity (Wildman–Crippen MR) is 46.7 cm³/mol. The van der Waals surface area contributed by atoms with Crippen LogP contribution >= 0.6 is 22.9 Å². The Hall–Kier alpha value is -0.0500. The fourth-order valence-corrected chi connectivity index (χ4v) is 1.88. The smallest absolute Gasteiger partial charge is 0.0515 e. The number of aryl methyl sites for hydroxylation is 1. The van der Waals surface area contributed by atoms with E-state index < -0.39 is 0 Å². The molecule has 0 aliphatic heterocycles. The average molecular weight is 176 g/mol. The normalized spacial score (nSPS) is 10.2. The van der Waals surface area contributed by atoms with Crippen LogP contribution in [0.3, 0.4) is 0 Å². The highest BCUT2D eigenvalue weighted by atomic mass is 35.5. The third kappa shape index (κ3) is 2.29. The number of hydrogen-bond donors (Lipinski definition) is 1. The lowest BCUT2D eigenvalue weighted by atomic mass is 10.3. The molecular weight excluding hydrogens is 166 g/mol. The molecule has 0 amide bonds. The summed E-state index contributed by atoms with van der Waals surface area (Å²) >= 11 is 7.42. The van der Waals surface area contributed by atoms with E-state index in [4.69, 9.17) is 17.3 Å². The fourth-order valence-electron chi connectivity index (χ4n) is 0.761. The molecule has 0 aromatic carbocycles. The Bertz CT molecular complexity index is 197. The minimum absolute atomic E-state index is 0.759. The van der Waals surface area contributed by atoms with Crippen molar-refractivity contribution in [3.63, 3.8) is 0 Å². The Morgan fingerprint density at radius 1 is 1.60 bits per heavy atom. The van der Waals surface area contributed by atoms with Crippen molar-refractivity contribution < 1.29 is 0 Å². The van der Waals surface area contributed by atoms with Gasteiger partial charge in [0.1, 0.15) is 0 Å². The Balaban J connectivity index is 2.42. The first-order valence-electron chi connectivity index (χ1n) is 3.26. The van der Waals surface area contributed by atoms with Crippen LogP contribution in [0, 0.1) is 0 Å². The summed E-state index contributed by atoms with van der Waals surface area (Å²) in [6.45, 7) is 0.759. The summed E-state index contributed by atoms with van der Waals surface area (Å²) in [7, 11) is 0. The maximum atomic E-state index is 5.72. The SMILES string of the molecule is NCCCc1cc(Cl)cs1. The van der Waals surface area contributed by atoms with Gasteiger partial charge in [-0.15, -0.1) is 11.3 Å². The molecule has 56 valence electrons. The van der Waals surface area contributed by atoms with Crippen molar-refractivity contribution in [3.8, 4) is 0 Å². The third-order valence-electron chi connectivity index (χ3n) is 1.25. The van der Waals surface area contributed by atoms with Gasteiger partial charge in [0.05, 0.1) is 5.02 Å². The van der Waals surface area contributed by atoms with Crippen LogP contribution < -0.4 is 5.73 Å². The van der Waals surface area contributed by atoms with Gasteiger partial charge in [0.25, 0.3) is 0 Å². The van der Waals surface area contributed by atoms with Crippen LogP contribution in [0.2, 0.25) is 5.02 Å². The lowest BCUT2D eigenvalue weighted by Gasteiger charge is -1.90. The van der Waals surface area contributed by atoms with Crippen molar-refractivity contribution >= 4 is 22.9 Å². The van der Waals surface area contributed by atoms with E-state index in [0.29, 0.717) is 0 Å². The van der Waals surface area contributed by atoms with Crippen molar-refractivity contribution in [1.29, 1.82) is 0 Å². The van der Waals surface area contributed by atoms with E-state index in [-0.39, 0.29) is 0 Å². The van der Waals surface area contributed by atoms with Crippen LogP contribution in [-0.4, -0.2) is 6.54 Å². The summed E-state index contributed by atoms with van der Waals surface area (Å²) in [5, 5.41) is 2.80.